The number of hydrogen-bond acceptors (Lipinski definition) is 5. The number of carbonyl (C=O) groups is 1. The lowest BCUT2D eigenvalue weighted by atomic mass is 9.86. The second-order valence-electron chi connectivity index (χ2n) is 8.80. The highest BCUT2D eigenvalue weighted by Crippen LogP contribution is 2.34. The number of nitrogens with zero attached hydrogens (tertiary/aromatic N) is 2. The van der Waals surface area contributed by atoms with Crippen molar-refractivity contribution >= 4 is 28.6 Å². The van der Waals surface area contributed by atoms with E-state index in [0.717, 1.165) is 0 Å². The second-order valence-corrected chi connectivity index (χ2v) is 9.20. The molecule has 3 aromatic rings. The van der Waals surface area contributed by atoms with Crippen LogP contribution in [0.1, 0.15) is 55.2 Å². The molecule has 176 valence electrons. The van der Waals surface area contributed by atoms with Crippen LogP contribution in [0.2, 0.25) is 5.02 Å². The molecule has 2 aromatic heterocycles. The Morgan fingerprint density at radius 1 is 1.30 bits per heavy atom. The first-order valence-electron chi connectivity index (χ1n) is 10.5. The van der Waals surface area contributed by atoms with Crippen LogP contribution in [0.15, 0.2) is 35.3 Å². The van der Waals surface area contributed by atoms with Crippen molar-refractivity contribution < 1.29 is 24.1 Å². The highest BCUT2D eigenvalue weighted by molar-refractivity contribution is 6.30. The van der Waals surface area contributed by atoms with E-state index >= 15 is 0 Å². The molecule has 0 aliphatic carbocycles. The number of hydrogen-bond donors (Lipinski definition) is 2. The second kappa shape index (κ2) is 9.49. The molecule has 33 heavy (non-hydrogen) atoms. The van der Waals surface area contributed by atoms with Gasteiger partial charge in [-0.05, 0) is 30.0 Å². The van der Waals surface area contributed by atoms with E-state index in [9.17, 15) is 24.2 Å². The molecule has 1 atom stereocenters. The highest BCUT2D eigenvalue weighted by atomic mass is 35.5. The van der Waals surface area contributed by atoms with Crippen LogP contribution in [-0.2, 0) is 6.42 Å². The van der Waals surface area contributed by atoms with Gasteiger partial charge in [-0.25, -0.2) is 9.18 Å². The van der Waals surface area contributed by atoms with E-state index in [2.05, 4.69) is 4.98 Å². The molecular formula is C24H26ClFN2O5. The average Bonchev–Trinajstić information content (AvgIpc) is 2.73. The Labute approximate surface area is 195 Å². The largest absolute Gasteiger partial charge is 0.478 e. The van der Waals surface area contributed by atoms with E-state index in [0.29, 0.717) is 5.56 Å². The molecule has 0 saturated heterocycles. The summed E-state index contributed by atoms with van der Waals surface area (Å²) in [6, 6.07) is 5.52. The van der Waals surface area contributed by atoms with Crippen molar-refractivity contribution in [2.24, 2.45) is 5.41 Å². The molecule has 0 spiro atoms. The van der Waals surface area contributed by atoms with Crippen molar-refractivity contribution in [2.75, 3.05) is 13.2 Å². The van der Waals surface area contributed by atoms with Gasteiger partial charge in [0.15, 0.2) is 0 Å². The summed E-state index contributed by atoms with van der Waals surface area (Å²) in [7, 11) is 0. The van der Waals surface area contributed by atoms with Gasteiger partial charge in [0.25, 0.3) is 0 Å². The minimum absolute atomic E-state index is 0.0319. The molecule has 3 rings (SSSR count). The Bertz CT molecular complexity index is 1270. The summed E-state index contributed by atoms with van der Waals surface area (Å²) in [6.07, 6.45) is 1.24. The summed E-state index contributed by atoms with van der Waals surface area (Å²) in [6.45, 7) is 7.39. The molecule has 7 nitrogen and oxygen atoms in total. The molecule has 1 aromatic carbocycles. The molecule has 0 aliphatic heterocycles. The number of aliphatic hydroxyl groups excluding tert-OH is 1. The standard InChI is InChI=1S/C24H26ClFN2O5/c1-5-33-22-14(9-13-7-6-8-17(25)19(13)26)10-15-20(30)16(23(31)32)11-28(21(15)27-22)18(12-29)24(2,3)4/h6-8,10-11,18,29H,5,9,12H2,1-4H3,(H,31,32)/t18-/m1/s1. The number of halogens is 2. The summed E-state index contributed by atoms with van der Waals surface area (Å²) >= 11 is 5.91. The Morgan fingerprint density at radius 3 is 2.58 bits per heavy atom. The predicted octanol–water partition coefficient (Wildman–Crippen LogP) is 4.46. The first-order chi connectivity index (χ1) is 15.5. The smallest absolute Gasteiger partial charge is 0.341 e. The number of ether oxygens (including phenoxy) is 1. The summed E-state index contributed by atoms with van der Waals surface area (Å²) in [5, 5.41) is 19.7. The lowest BCUT2D eigenvalue weighted by Crippen LogP contribution is -2.31. The number of carboxylic acids is 1. The number of aliphatic hydroxyl groups is 1. The van der Waals surface area contributed by atoms with E-state index in [4.69, 9.17) is 16.3 Å². The third-order valence-electron chi connectivity index (χ3n) is 5.48. The van der Waals surface area contributed by atoms with Gasteiger partial charge in [-0.3, -0.25) is 4.79 Å². The van der Waals surface area contributed by atoms with Gasteiger partial charge in [-0.2, -0.15) is 4.98 Å². The fourth-order valence-corrected chi connectivity index (χ4v) is 3.94. The predicted molar refractivity (Wildman–Crippen MR) is 124 cm³/mol. The Kier molecular flexibility index (Phi) is 7.09. The number of benzene rings is 1. The van der Waals surface area contributed by atoms with Crippen LogP contribution in [-0.4, -0.2) is 38.9 Å². The first-order valence-corrected chi connectivity index (χ1v) is 10.9. The van der Waals surface area contributed by atoms with Crippen LogP contribution in [0.3, 0.4) is 0 Å². The zero-order valence-electron chi connectivity index (χ0n) is 18.9. The SMILES string of the molecule is CCOc1nc2c(cc1Cc1cccc(Cl)c1F)c(=O)c(C(=O)O)cn2[C@H](CO)C(C)(C)C. The van der Waals surface area contributed by atoms with Gasteiger partial charge in [0.05, 0.1) is 29.7 Å². The zero-order chi connectivity index (χ0) is 24.5. The minimum atomic E-state index is -1.39. The third-order valence-corrected chi connectivity index (χ3v) is 5.77. The van der Waals surface area contributed by atoms with E-state index in [1.165, 1.54) is 22.9 Å². The molecular weight excluding hydrogens is 451 g/mol. The van der Waals surface area contributed by atoms with Crippen molar-refractivity contribution in [1.29, 1.82) is 0 Å². The van der Waals surface area contributed by atoms with Gasteiger partial charge in [0, 0.05) is 18.2 Å². The van der Waals surface area contributed by atoms with E-state index < -0.39 is 34.2 Å². The van der Waals surface area contributed by atoms with Gasteiger partial charge < -0.3 is 19.5 Å². The van der Waals surface area contributed by atoms with Crippen molar-refractivity contribution in [3.63, 3.8) is 0 Å². The number of rotatable bonds is 7. The summed E-state index contributed by atoms with van der Waals surface area (Å²) in [5.74, 6) is -1.80. The molecule has 0 aliphatic rings. The summed E-state index contributed by atoms with van der Waals surface area (Å²) in [5.41, 5.74) is -0.783. The lowest BCUT2D eigenvalue weighted by Gasteiger charge is -2.32. The molecule has 0 amide bonds. The topological polar surface area (TPSA) is 102 Å². The maximum absolute atomic E-state index is 14.6. The van der Waals surface area contributed by atoms with Gasteiger partial charge >= 0.3 is 5.97 Å². The number of aromatic carboxylic acids is 1. The molecule has 0 fully saturated rings. The fraction of sp³-hybridized carbons (Fsp3) is 0.375. The van der Waals surface area contributed by atoms with Crippen molar-refractivity contribution in [3.8, 4) is 5.88 Å². The molecule has 0 saturated carbocycles. The Hall–Kier alpha value is -2.97. The molecule has 2 N–H and O–H groups in total. The monoisotopic (exact) mass is 476 g/mol. The van der Waals surface area contributed by atoms with Crippen LogP contribution >= 0.6 is 11.6 Å². The lowest BCUT2D eigenvalue weighted by molar-refractivity contribution is 0.0692. The zero-order valence-corrected chi connectivity index (χ0v) is 19.6. The number of fused-ring (bicyclic) bond motifs is 1. The van der Waals surface area contributed by atoms with E-state index in [-0.39, 0.29) is 47.1 Å². The number of carboxylic acid groups (broad SMARTS) is 1. The van der Waals surface area contributed by atoms with Crippen LogP contribution in [0.5, 0.6) is 5.88 Å². The first kappa shape index (κ1) is 24.7. The quantitative estimate of drug-likeness (QED) is 0.522. The Balaban J connectivity index is 2.36. The third kappa shape index (κ3) is 4.86. The molecule has 2 heterocycles. The number of pyridine rings is 2. The van der Waals surface area contributed by atoms with Gasteiger partial charge in [0.2, 0.25) is 11.3 Å². The van der Waals surface area contributed by atoms with Gasteiger partial charge in [-0.15, -0.1) is 0 Å². The molecule has 0 unspecified atom stereocenters. The highest BCUT2D eigenvalue weighted by Gasteiger charge is 2.29. The van der Waals surface area contributed by atoms with Gasteiger partial charge in [0.1, 0.15) is 17.0 Å². The van der Waals surface area contributed by atoms with E-state index in [1.807, 2.05) is 20.8 Å². The summed E-state index contributed by atoms with van der Waals surface area (Å²) < 4.78 is 21.8. The molecule has 9 heteroatoms. The van der Waals surface area contributed by atoms with Crippen LogP contribution in [0.4, 0.5) is 4.39 Å². The maximum Gasteiger partial charge on any atom is 0.341 e. The molecule has 0 radical (unpaired) electrons. The molecule has 0 bridgehead atoms. The van der Waals surface area contributed by atoms with Crippen molar-refractivity contribution in [3.05, 3.63) is 68.2 Å². The maximum atomic E-state index is 14.6. The van der Waals surface area contributed by atoms with Crippen LogP contribution in [0, 0.1) is 11.2 Å². The fourth-order valence-electron chi connectivity index (χ4n) is 3.74. The summed E-state index contributed by atoms with van der Waals surface area (Å²) in [4.78, 5) is 29.4. The van der Waals surface area contributed by atoms with E-state index in [1.54, 1.807) is 19.1 Å². The Morgan fingerprint density at radius 2 is 2.00 bits per heavy atom. The minimum Gasteiger partial charge on any atom is -0.478 e. The van der Waals surface area contributed by atoms with Gasteiger partial charge in [-0.1, -0.05) is 44.5 Å². The average molecular weight is 477 g/mol. The van der Waals surface area contributed by atoms with Crippen molar-refractivity contribution in [2.45, 2.75) is 40.2 Å². The normalized spacial score (nSPS) is 12.7. The number of aromatic nitrogens is 2. The van der Waals surface area contributed by atoms with Crippen molar-refractivity contribution in [1.82, 2.24) is 9.55 Å². The van der Waals surface area contributed by atoms with Crippen LogP contribution < -0.4 is 10.2 Å². The van der Waals surface area contributed by atoms with Crippen LogP contribution in [0.25, 0.3) is 11.0 Å².